The minimum Gasteiger partial charge on any atom is -0.397 e. The Balaban J connectivity index is 1.45. The Morgan fingerprint density at radius 1 is 1.24 bits per heavy atom. The van der Waals surface area contributed by atoms with Crippen molar-refractivity contribution >= 4 is 40.4 Å². The van der Waals surface area contributed by atoms with Gasteiger partial charge in [-0.3, -0.25) is 19.6 Å². The zero-order valence-electron chi connectivity index (χ0n) is 20.4. The summed E-state index contributed by atoms with van der Waals surface area (Å²) in [6.07, 6.45) is 4.36. The Kier molecular flexibility index (Phi) is 7.89. The number of nitrogens with one attached hydrogen (secondary N) is 2. The summed E-state index contributed by atoms with van der Waals surface area (Å²) in [5.74, 6) is -4.83. The van der Waals surface area contributed by atoms with Crippen LogP contribution in [0.5, 0.6) is 0 Å². The number of carbonyl (C=O) groups is 2. The molecule has 12 heteroatoms. The van der Waals surface area contributed by atoms with E-state index in [-0.39, 0.29) is 41.8 Å². The summed E-state index contributed by atoms with van der Waals surface area (Å²) < 4.78 is 47.6. The van der Waals surface area contributed by atoms with Crippen molar-refractivity contribution in [2.45, 2.75) is 32.2 Å². The van der Waals surface area contributed by atoms with Crippen LogP contribution in [0.2, 0.25) is 5.02 Å². The van der Waals surface area contributed by atoms with Gasteiger partial charge in [0.05, 0.1) is 52.5 Å². The summed E-state index contributed by atoms with van der Waals surface area (Å²) in [7, 11) is 0. The van der Waals surface area contributed by atoms with Gasteiger partial charge in [0, 0.05) is 43.5 Å². The highest BCUT2D eigenvalue weighted by molar-refractivity contribution is 6.31. The number of halogens is 4. The molecule has 4 N–H and O–H groups in total. The SMILES string of the molecule is CC(F)(F)c1cccc(F)c1Nc1cnc(CNC(=O)[C@]2(CC(=O)c3cncc(N)c3)CCOC2)c(Cl)c1. The fourth-order valence-corrected chi connectivity index (χ4v) is 4.44. The maximum atomic E-state index is 14.3. The van der Waals surface area contributed by atoms with Crippen LogP contribution >= 0.6 is 11.6 Å². The molecule has 8 nitrogen and oxygen atoms in total. The average molecular weight is 548 g/mol. The first-order valence-electron chi connectivity index (χ1n) is 11.7. The van der Waals surface area contributed by atoms with Crippen LogP contribution in [0.4, 0.5) is 30.2 Å². The smallest absolute Gasteiger partial charge is 0.272 e. The molecule has 38 heavy (non-hydrogen) atoms. The highest BCUT2D eigenvalue weighted by Crippen LogP contribution is 2.37. The van der Waals surface area contributed by atoms with Crippen LogP contribution in [0.3, 0.4) is 0 Å². The fourth-order valence-electron chi connectivity index (χ4n) is 4.20. The molecule has 3 heterocycles. The predicted octanol–water partition coefficient (Wildman–Crippen LogP) is 5.00. The van der Waals surface area contributed by atoms with Crippen LogP contribution in [0.15, 0.2) is 48.9 Å². The number of rotatable bonds is 9. The zero-order valence-corrected chi connectivity index (χ0v) is 21.1. The van der Waals surface area contributed by atoms with Gasteiger partial charge in [0.25, 0.3) is 5.92 Å². The first kappa shape index (κ1) is 27.3. The van der Waals surface area contributed by atoms with Gasteiger partial charge in [0.15, 0.2) is 5.78 Å². The largest absolute Gasteiger partial charge is 0.397 e. The molecule has 1 amide bonds. The van der Waals surface area contributed by atoms with Crippen molar-refractivity contribution in [2.75, 3.05) is 24.3 Å². The number of hydrogen-bond acceptors (Lipinski definition) is 7. The molecule has 0 saturated carbocycles. The third-order valence-corrected chi connectivity index (χ3v) is 6.58. The number of alkyl halides is 2. The van der Waals surface area contributed by atoms with Crippen molar-refractivity contribution in [3.8, 4) is 0 Å². The third-order valence-electron chi connectivity index (χ3n) is 6.25. The summed E-state index contributed by atoms with van der Waals surface area (Å²) in [5.41, 5.74) is 4.85. The lowest BCUT2D eigenvalue weighted by atomic mass is 9.80. The molecule has 1 aromatic carbocycles. The van der Waals surface area contributed by atoms with Crippen LogP contribution in [-0.2, 0) is 22.0 Å². The monoisotopic (exact) mass is 547 g/mol. The average Bonchev–Trinajstić information content (AvgIpc) is 3.33. The van der Waals surface area contributed by atoms with Crippen molar-refractivity contribution in [1.29, 1.82) is 0 Å². The van der Waals surface area contributed by atoms with E-state index < -0.39 is 28.6 Å². The Bertz CT molecular complexity index is 1360. The first-order chi connectivity index (χ1) is 18.0. The van der Waals surface area contributed by atoms with Crippen molar-refractivity contribution in [3.05, 3.63) is 76.6 Å². The number of Topliss-reactive ketones (excluding diaryl/α,β-unsaturated/α-hetero) is 1. The van der Waals surface area contributed by atoms with Gasteiger partial charge in [-0.2, -0.15) is 0 Å². The Morgan fingerprint density at radius 3 is 2.68 bits per heavy atom. The van der Waals surface area contributed by atoms with Gasteiger partial charge in [-0.1, -0.05) is 23.7 Å². The van der Waals surface area contributed by atoms with Crippen LogP contribution in [-0.4, -0.2) is 34.9 Å². The number of pyridine rings is 2. The molecule has 4 rings (SSSR count). The number of benzene rings is 1. The van der Waals surface area contributed by atoms with Crippen molar-refractivity contribution < 1.29 is 27.5 Å². The van der Waals surface area contributed by atoms with Crippen LogP contribution in [0.1, 0.15) is 41.4 Å². The lowest BCUT2D eigenvalue weighted by molar-refractivity contribution is -0.131. The van der Waals surface area contributed by atoms with E-state index in [1.165, 1.54) is 36.8 Å². The first-order valence-corrected chi connectivity index (χ1v) is 12.0. The van der Waals surface area contributed by atoms with Crippen LogP contribution < -0.4 is 16.4 Å². The van der Waals surface area contributed by atoms with Crippen molar-refractivity contribution in [1.82, 2.24) is 15.3 Å². The van der Waals surface area contributed by atoms with Crippen molar-refractivity contribution in [3.63, 3.8) is 0 Å². The third kappa shape index (κ3) is 6.05. The molecule has 3 aromatic rings. The molecule has 0 spiro atoms. The quantitative estimate of drug-likeness (QED) is 0.322. The fraction of sp³-hybridized carbons (Fsp3) is 0.308. The normalized spacial score (nSPS) is 17.3. The van der Waals surface area contributed by atoms with E-state index in [4.69, 9.17) is 22.1 Å². The van der Waals surface area contributed by atoms with E-state index in [2.05, 4.69) is 20.6 Å². The number of amides is 1. The summed E-state index contributed by atoms with van der Waals surface area (Å²) in [4.78, 5) is 34.1. The molecule has 0 aliphatic carbocycles. The topological polar surface area (TPSA) is 119 Å². The number of ether oxygens (including phenoxy) is 1. The van der Waals surface area contributed by atoms with Gasteiger partial charge in [-0.15, -0.1) is 0 Å². The van der Waals surface area contributed by atoms with E-state index >= 15 is 0 Å². The summed E-state index contributed by atoms with van der Waals surface area (Å²) in [6, 6.07) is 6.28. The minimum absolute atomic E-state index is 0.0638. The number of aromatic nitrogens is 2. The molecule has 200 valence electrons. The number of para-hydroxylation sites is 1. The lowest BCUT2D eigenvalue weighted by Gasteiger charge is -2.25. The highest BCUT2D eigenvalue weighted by Gasteiger charge is 2.44. The van der Waals surface area contributed by atoms with Gasteiger partial charge in [-0.25, -0.2) is 13.2 Å². The highest BCUT2D eigenvalue weighted by atomic mass is 35.5. The van der Waals surface area contributed by atoms with Gasteiger partial charge in [-0.05, 0) is 24.6 Å². The molecule has 1 fully saturated rings. The summed E-state index contributed by atoms with van der Waals surface area (Å²) >= 11 is 6.33. The number of nitrogen functional groups attached to an aromatic ring is 1. The maximum Gasteiger partial charge on any atom is 0.272 e. The lowest BCUT2D eigenvalue weighted by Crippen LogP contribution is -2.43. The molecule has 0 bridgehead atoms. The molecule has 1 saturated heterocycles. The number of nitrogens with zero attached hydrogens (tertiary/aromatic N) is 2. The van der Waals surface area contributed by atoms with E-state index in [0.29, 0.717) is 36.9 Å². The van der Waals surface area contributed by atoms with Gasteiger partial charge < -0.3 is 21.1 Å². The summed E-state index contributed by atoms with van der Waals surface area (Å²) in [6.45, 7) is 0.999. The van der Waals surface area contributed by atoms with E-state index in [1.54, 1.807) is 0 Å². The molecule has 2 aromatic heterocycles. The molecule has 0 radical (unpaired) electrons. The predicted molar refractivity (Wildman–Crippen MR) is 136 cm³/mol. The van der Waals surface area contributed by atoms with Gasteiger partial charge in [0.1, 0.15) is 5.82 Å². The molecule has 1 atom stereocenters. The second kappa shape index (κ2) is 11.0. The van der Waals surface area contributed by atoms with E-state index in [9.17, 15) is 22.8 Å². The molecule has 1 aliphatic heterocycles. The Hall–Kier alpha value is -3.70. The van der Waals surface area contributed by atoms with E-state index in [0.717, 1.165) is 12.1 Å². The molecule has 1 aliphatic rings. The van der Waals surface area contributed by atoms with Gasteiger partial charge in [0.2, 0.25) is 5.91 Å². The van der Waals surface area contributed by atoms with Crippen LogP contribution in [0.25, 0.3) is 0 Å². The van der Waals surface area contributed by atoms with E-state index in [1.807, 2.05) is 0 Å². The Labute approximate surface area is 221 Å². The Morgan fingerprint density at radius 2 is 2.03 bits per heavy atom. The minimum atomic E-state index is -3.28. The molecule has 0 unspecified atom stereocenters. The molecular formula is C26H25ClF3N5O3. The summed E-state index contributed by atoms with van der Waals surface area (Å²) in [5, 5.41) is 5.50. The maximum absolute atomic E-state index is 14.3. The second-order valence-electron chi connectivity index (χ2n) is 9.20. The second-order valence-corrected chi connectivity index (χ2v) is 9.61. The van der Waals surface area contributed by atoms with Gasteiger partial charge >= 0.3 is 0 Å². The number of ketones is 1. The zero-order chi connectivity index (χ0) is 27.5. The number of nitrogens with two attached hydrogens (primary N) is 1. The number of carbonyl (C=O) groups excluding carboxylic acids is 2. The van der Waals surface area contributed by atoms with Crippen molar-refractivity contribution in [2.24, 2.45) is 5.41 Å². The standard InChI is InChI=1S/C26H25ClF3N5O3/c1-25(29,30)18-3-2-4-20(28)23(18)35-17-8-19(27)21(33-12-17)13-34-24(37)26(5-6-38-14-26)9-22(36)15-7-16(31)11-32-10-15/h2-4,7-8,10-12,35H,5-6,9,13-14,31H2,1H3,(H,34,37)/t26-/m0/s1. The number of anilines is 3. The number of hydrogen-bond donors (Lipinski definition) is 3. The van der Waals surface area contributed by atoms with Crippen LogP contribution in [0, 0.1) is 11.2 Å². The molecular weight excluding hydrogens is 523 g/mol.